The number of anilines is 1. The fourth-order valence-corrected chi connectivity index (χ4v) is 3.51. The summed E-state index contributed by atoms with van der Waals surface area (Å²) in [5, 5.41) is 3.20. The first-order valence-corrected chi connectivity index (χ1v) is 8.00. The fraction of sp³-hybridized carbons (Fsp3) is 0.500. The molecule has 1 fully saturated rings. The molecule has 3 N–H and O–H groups in total. The van der Waals surface area contributed by atoms with E-state index < -0.39 is 0 Å². The molecule has 2 rings (SSSR count). The Labute approximate surface area is 132 Å². The first kappa shape index (κ1) is 15.7. The van der Waals surface area contributed by atoms with E-state index in [1.54, 1.807) is 12.1 Å². The van der Waals surface area contributed by atoms with Crippen LogP contribution in [0.5, 0.6) is 0 Å². The van der Waals surface area contributed by atoms with Crippen molar-refractivity contribution in [3.8, 4) is 0 Å². The largest absolute Gasteiger partial charge is 0.389 e. The van der Waals surface area contributed by atoms with Gasteiger partial charge in [-0.15, -0.1) is 0 Å². The van der Waals surface area contributed by atoms with Crippen LogP contribution in [0.3, 0.4) is 0 Å². The summed E-state index contributed by atoms with van der Waals surface area (Å²) in [6, 6.07) is 3.91. The molecule has 0 spiro atoms. The van der Waals surface area contributed by atoms with Crippen LogP contribution < -0.4 is 11.1 Å². The second-order valence-corrected chi connectivity index (χ2v) is 6.19. The van der Waals surface area contributed by atoms with Crippen molar-refractivity contribution in [1.82, 2.24) is 4.90 Å². The molecule has 0 radical (unpaired) electrons. The van der Waals surface area contributed by atoms with Crippen molar-refractivity contribution < 1.29 is 4.39 Å². The number of rotatable bonds is 5. The molecule has 0 aliphatic carbocycles. The summed E-state index contributed by atoms with van der Waals surface area (Å²) in [4.78, 5) is 2.61. The zero-order chi connectivity index (χ0) is 14.7. The van der Waals surface area contributed by atoms with Crippen LogP contribution in [0, 0.1) is 5.82 Å². The number of nitrogens with two attached hydrogens (primary N) is 1. The molecule has 3 nitrogen and oxygen atoms in total. The Morgan fingerprint density at radius 1 is 1.60 bits per heavy atom. The summed E-state index contributed by atoms with van der Waals surface area (Å²) in [5.74, 6) is -0.337. The summed E-state index contributed by atoms with van der Waals surface area (Å²) >= 11 is 8.11. The van der Waals surface area contributed by atoms with Crippen LogP contribution in [0.4, 0.5) is 10.1 Å². The third kappa shape index (κ3) is 3.30. The van der Waals surface area contributed by atoms with Crippen molar-refractivity contribution in [3.63, 3.8) is 0 Å². The summed E-state index contributed by atoms with van der Waals surface area (Å²) in [7, 11) is 0. The molecule has 1 atom stereocenters. The average molecular weight is 360 g/mol. The van der Waals surface area contributed by atoms with Crippen molar-refractivity contribution >= 4 is 38.8 Å². The maximum atomic E-state index is 14.2. The SMILES string of the molecule is CCN1CCCC1CNc1ccc(C(N)=S)c(Br)c1F. The van der Waals surface area contributed by atoms with E-state index in [0.717, 1.165) is 26.1 Å². The normalized spacial score (nSPS) is 19.2. The van der Waals surface area contributed by atoms with Gasteiger partial charge in [-0.05, 0) is 54.0 Å². The second-order valence-electron chi connectivity index (χ2n) is 4.96. The molecule has 1 aromatic rings. The number of likely N-dealkylation sites (tertiary alicyclic amines) is 1. The molecule has 110 valence electrons. The van der Waals surface area contributed by atoms with Crippen molar-refractivity contribution in [3.05, 3.63) is 28.0 Å². The monoisotopic (exact) mass is 359 g/mol. The van der Waals surface area contributed by atoms with E-state index >= 15 is 0 Å². The van der Waals surface area contributed by atoms with Gasteiger partial charge >= 0.3 is 0 Å². The molecule has 1 aliphatic rings. The third-order valence-electron chi connectivity index (χ3n) is 3.78. The number of hydrogen-bond acceptors (Lipinski definition) is 3. The Morgan fingerprint density at radius 3 is 3.00 bits per heavy atom. The lowest BCUT2D eigenvalue weighted by molar-refractivity contribution is 0.277. The van der Waals surface area contributed by atoms with E-state index in [9.17, 15) is 4.39 Å². The van der Waals surface area contributed by atoms with Gasteiger partial charge in [-0.3, -0.25) is 4.90 Å². The number of nitrogens with one attached hydrogen (secondary N) is 1. The van der Waals surface area contributed by atoms with E-state index in [1.165, 1.54) is 6.42 Å². The molecule has 1 aromatic carbocycles. The van der Waals surface area contributed by atoms with Crippen LogP contribution in [0.1, 0.15) is 25.3 Å². The maximum Gasteiger partial charge on any atom is 0.161 e. The number of hydrogen-bond donors (Lipinski definition) is 2. The van der Waals surface area contributed by atoms with Crippen LogP contribution in [0.2, 0.25) is 0 Å². The topological polar surface area (TPSA) is 41.3 Å². The Bertz CT molecular complexity index is 509. The zero-order valence-electron chi connectivity index (χ0n) is 11.5. The number of halogens is 2. The van der Waals surface area contributed by atoms with Gasteiger partial charge in [0.2, 0.25) is 0 Å². The second kappa shape index (κ2) is 6.83. The molecule has 0 amide bonds. The quantitative estimate of drug-likeness (QED) is 0.792. The van der Waals surface area contributed by atoms with Crippen LogP contribution in [0.25, 0.3) is 0 Å². The molecule has 1 heterocycles. The first-order chi connectivity index (χ1) is 9.54. The van der Waals surface area contributed by atoms with Crippen molar-refractivity contribution in [1.29, 1.82) is 0 Å². The third-order valence-corrected chi connectivity index (χ3v) is 4.78. The smallest absolute Gasteiger partial charge is 0.161 e. The summed E-state index contributed by atoms with van der Waals surface area (Å²) < 4.78 is 14.6. The Hall–Kier alpha value is -0.720. The van der Waals surface area contributed by atoms with Crippen LogP contribution in [-0.2, 0) is 0 Å². The van der Waals surface area contributed by atoms with Gasteiger partial charge in [0.15, 0.2) is 5.82 Å². The zero-order valence-corrected chi connectivity index (χ0v) is 13.9. The minimum Gasteiger partial charge on any atom is -0.389 e. The maximum absolute atomic E-state index is 14.2. The van der Waals surface area contributed by atoms with Crippen molar-refractivity contribution in [2.45, 2.75) is 25.8 Å². The highest BCUT2D eigenvalue weighted by Gasteiger charge is 2.23. The van der Waals surface area contributed by atoms with Gasteiger partial charge in [0.05, 0.1) is 10.2 Å². The summed E-state index contributed by atoms with van der Waals surface area (Å²) in [6.45, 7) is 5.09. The Balaban J connectivity index is 2.07. The summed E-state index contributed by atoms with van der Waals surface area (Å²) in [5.41, 5.74) is 6.56. The highest BCUT2D eigenvalue weighted by molar-refractivity contribution is 9.10. The van der Waals surface area contributed by atoms with Gasteiger partial charge in [0.25, 0.3) is 0 Å². The number of thiocarbonyl (C=S) groups is 1. The summed E-state index contributed by atoms with van der Waals surface area (Å²) in [6.07, 6.45) is 2.38. The molecule has 6 heteroatoms. The lowest BCUT2D eigenvalue weighted by Gasteiger charge is -2.23. The molecule has 1 unspecified atom stereocenters. The minimum atomic E-state index is -0.337. The molecule has 0 bridgehead atoms. The highest BCUT2D eigenvalue weighted by atomic mass is 79.9. The predicted octanol–water partition coefficient (Wildman–Crippen LogP) is 3.12. The van der Waals surface area contributed by atoms with E-state index in [2.05, 4.69) is 33.1 Å². The van der Waals surface area contributed by atoms with Crippen molar-refractivity contribution in [2.75, 3.05) is 25.0 Å². The molecular weight excluding hydrogens is 341 g/mol. The predicted molar refractivity (Wildman–Crippen MR) is 88.7 cm³/mol. The van der Waals surface area contributed by atoms with Gasteiger partial charge in [-0.2, -0.15) is 0 Å². The molecule has 0 saturated carbocycles. The first-order valence-electron chi connectivity index (χ1n) is 6.80. The lowest BCUT2D eigenvalue weighted by Crippen LogP contribution is -2.34. The molecule has 20 heavy (non-hydrogen) atoms. The van der Waals surface area contributed by atoms with E-state index in [0.29, 0.717) is 21.8 Å². The Morgan fingerprint density at radius 2 is 2.35 bits per heavy atom. The van der Waals surface area contributed by atoms with Gasteiger partial charge in [0, 0.05) is 18.2 Å². The number of likely N-dealkylation sites (N-methyl/N-ethyl adjacent to an activating group) is 1. The van der Waals surface area contributed by atoms with Gasteiger partial charge < -0.3 is 11.1 Å². The molecule has 1 saturated heterocycles. The number of nitrogens with zero attached hydrogens (tertiary/aromatic N) is 1. The van der Waals surface area contributed by atoms with Crippen molar-refractivity contribution in [2.24, 2.45) is 5.73 Å². The highest BCUT2D eigenvalue weighted by Crippen LogP contribution is 2.27. The van der Waals surface area contributed by atoms with Crippen LogP contribution in [0.15, 0.2) is 16.6 Å². The standard InChI is InChI=1S/C14H19BrFN3S/c1-2-19-7-3-4-9(19)8-18-11-6-5-10(14(17)20)12(15)13(11)16/h5-6,9,18H,2-4,7-8H2,1H3,(H2,17,20). The van der Waals surface area contributed by atoms with Crippen LogP contribution >= 0.6 is 28.1 Å². The average Bonchev–Trinajstić information content (AvgIpc) is 2.87. The molecule has 1 aliphatic heterocycles. The van der Waals surface area contributed by atoms with E-state index in [1.807, 2.05) is 0 Å². The van der Waals surface area contributed by atoms with E-state index in [4.69, 9.17) is 18.0 Å². The van der Waals surface area contributed by atoms with E-state index in [-0.39, 0.29) is 10.8 Å². The van der Waals surface area contributed by atoms with Crippen LogP contribution in [-0.4, -0.2) is 35.6 Å². The molecular formula is C14H19BrFN3S. The fourth-order valence-electron chi connectivity index (χ4n) is 2.65. The lowest BCUT2D eigenvalue weighted by atomic mass is 10.1. The van der Waals surface area contributed by atoms with Gasteiger partial charge in [0.1, 0.15) is 4.99 Å². The Kier molecular flexibility index (Phi) is 5.35. The molecule has 0 aromatic heterocycles. The number of benzene rings is 1. The minimum absolute atomic E-state index is 0.190. The van der Waals surface area contributed by atoms with Gasteiger partial charge in [-0.1, -0.05) is 19.1 Å². The van der Waals surface area contributed by atoms with Gasteiger partial charge in [-0.25, -0.2) is 4.39 Å².